The molecule has 0 spiro atoms. The molecule has 0 aliphatic rings. The number of hydrogen-bond donors (Lipinski definition) is 2. The normalized spacial score (nSPS) is 11.2. The molecule has 3 rings (SSSR count). The van der Waals surface area contributed by atoms with E-state index in [9.17, 15) is 13.2 Å². The number of sulfonamides is 1. The SMILES string of the molecule is CSc1nnc(NC(=O)c2cccc(NS(=O)(=O)c3ccc(C)cc3)c2)s1. The smallest absolute Gasteiger partial charge is 0.261 e. The summed E-state index contributed by atoms with van der Waals surface area (Å²) in [6.45, 7) is 1.88. The largest absolute Gasteiger partial charge is 0.296 e. The van der Waals surface area contributed by atoms with Crippen molar-refractivity contribution in [1.29, 1.82) is 0 Å². The number of aromatic nitrogens is 2. The molecule has 2 aromatic carbocycles. The minimum absolute atomic E-state index is 0.154. The van der Waals surface area contributed by atoms with Crippen molar-refractivity contribution in [1.82, 2.24) is 10.2 Å². The van der Waals surface area contributed by atoms with E-state index in [0.717, 1.165) is 9.90 Å². The molecule has 7 nitrogen and oxygen atoms in total. The lowest BCUT2D eigenvalue weighted by Crippen LogP contribution is -2.15. The van der Waals surface area contributed by atoms with E-state index in [1.165, 1.54) is 41.3 Å². The average molecular weight is 421 g/mol. The van der Waals surface area contributed by atoms with Crippen LogP contribution in [0.1, 0.15) is 15.9 Å². The molecule has 2 N–H and O–H groups in total. The van der Waals surface area contributed by atoms with Gasteiger partial charge in [-0.15, -0.1) is 10.2 Å². The van der Waals surface area contributed by atoms with E-state index >= 15 is 0 Å². The number of carbonyl (C=O) groups excluding carboxylic acids is 1. The standard InChI is InChI=1S/C17H16N4O3S3/c1-11-6-8-14(9-7-11)27(23,24)21-13-5-3-4-12(10-13)15(22)18-16-19-20-17(25-2)26-16/h3-10,21H,1-2H3,(H,18,19,22). The molecule has 140 valence electrons. The molecular formula is C17H16N4O3S3. The van der Waals surface area contributed by atoms with Gasteiger partial charge in [-0.2, -0.15) is 0 Å². The number of amides is 1. The summed E-state index contributed by atoms with van der Waals surface area (Å²) >= 11 is 2.70. The maximum absolute atomic E-state index is 12.5. The van der Waals surface area contributed by atoms with Gasteiger partial charge in [-0.3, -0.25) is 14.8 Å². The first kappa shape index (κ1) is 19.3. The summed E-state index contributed by atoms with van der Waals surface area (Å²) < 4.78 is 28.2. The lowest BCUT2D eigenvalue weighted by atomic mass is 10.2. The molecule has 27 heavy (non-hydrogen) atoms. The Labute approximate surface area is 165 Å². The number of thioether (sulfide) groups is 1. The van der Waals surface area contributed by atoms with E-state index in [-0.39, 0.29) is 4.90 Å². The number of nitrogens with zero attached hydrogens (tertiary/aromatic N) is 2. The van der Waals surface area contributed by atoms with Gasteiger partial charge >= 0.3 is 0 Å². The molecule has 0 fully saturated rings. The van der Waals surface area contributed by atoms with Crippen LogP contribution >= 0.6 is 23.1 Å². The highest BCUT2D eigenvalue weighted by molar-refractivity contribution is 8.00. The Balaban J connectivity index is 1.76. The van der Waals surface area contributed by atoms with Crippen LogP contribution in [0.2, 0.25) is 0 Å². The Morgan fingerprint density at radius 2 is 1.85 bits per heavy atom. The van der Waals surface area contributed by atoms with Gasteiger partial charge in [-0.25, -0.2) is 8.42 Å². The van der Waals surface area contributed by atoms with Crippen LogP contribution in [0, 0.1) is 6.92 Å². The second-order valence-corrected chi connectivity index (χ2v) is 9.24. The molecule has 1 aromatic heterocycles. The van der Waals surface area contributed by atoms with E-state index in [2.05, 4.69) is 20.2 Å². The number of hydrogen-bond acceptors (Lipinski definition) is 7. The van der Waals surface area contributed by atoms with Crippen molar-refractivity contribution in [2.75, 3.05) is 16.3 Å². The van der Waals surface area contributed by atoms with Gasteiger partial charge in [0.2, 0.25) is 5.13 Å². The molecule has 0 saturated heterocycles. The van der Waals surface area contributed by atoms with Crippen molar-refractivity contribution in [2.24, 2.45) is 0 Å². The van der Waals surface area contributed by atoms with Crippen LogP contribution in [0.3, 0.4) is 0 Å². The average Bonchev–Trinajstić information content (AvgIpc) is 3.09. The molecule has 0 unspecified atom stereocenters. The van der Waals surface area contributed by atoms with E-state index < -0.39 is 15.9 Å². The summed E-state index contributed by atoms with van der Waals surface area (Å²) in [6, 6.07) is 12.8. The summed E-state index contributed by atoms with van der Waals surface area (Å²) in [4.78, 5) is 12.5. The maximum atomic E-state index is 12.5. The predicted octanol–water partition coefficient (Wildman–Crippen LogP) is 3.62. The Morgan fingerprint density at radius 1 is 1.11 bits per heavy atom. The van der Waals surface area contributed by atoms with Crippen LogP contribution in [0.15, 0.2) is 57.8 Å². The molecular weight excluding hydrogens is 404 g/mol. The Bertz CT molecular complexity index is 1060. The van der Waals surface area contributed by atoms with Gasteiger partial charge in [0.05, 0.1) is 4.90 Å². The monoisotopic (exact) mass is 420 g/mol. The Hall–Kier alpha value is -2.43. The van der Waals surface area contributed by atoms with E-state index in [0.29, 0.717) is 16.4 Å². The van der Waals surface area contributed by atoms with Crippen LogP contribution in [0.5, 0.6) is 0 Å². The highest BCUT2D eigenvalue weighted by Crippen LogP contribution is 2.24. The van der Waals surface area contributed by atoms with Gasteiger partial charge in [-0.05, 0) is 43.5 Å². The molecule has 10 heteroatoms. The van der Waals surface area contributed by atoms with Crippen molar-refractivity contribution >= 4 is 49.8 Å². The quantitative estimate of drug-likeness (QED) is 0.467. The minimum atomic E-state index is -3.74. The fourth-order valence-corrected chi connectivity index (χ4v) is 4.38. The third-order valence-corrected chi connectivity index (χ3v) is 6.72. The number of aryl methyl sites for hydroxylation is 1. The van der Waals surface area contributed by atoms with Crippen molar-refractivity contribution in [2.45, 2.75) is 16.2 Å². The van der Waals surface area contributed by atoms with Gasteiger partial charge in [0.1, 0.15) is 0 Å². The van der Waals surface area contributed by atoms with Gasteiger partial charge in [-0.1, -0.05) is 46.9 Å². The number of anilines is 2. The molecule has 0 atom stereocenters. The van der Waals surface area contributed by atoms with Crippen LogP contribution in [0.4, 0.5) is 10.8 Å². The Morgan fingerprint density at radius 3 is 2.52 bits per heavy atom. The van der Waals surface area contributed by atoms with Gasteiger partial charge in [0.15, 0.2) is 4.34 Å². The van der Waals surface area contributed by atoms with E-state index in [4.69, 9.17) is 0 Å². The van der Waals surface area contributed by atoms with Gasteiger partial charge in [0.25, 0.3) is 15.9 Å². The van der Waals surface area contributed by atoms with Gasteiger partial charge in [0, 0.05) is 11.3 Å². The Kier molecular flexibility index (Phi) is 5.78. The molecule has 0 aliphatic carbocycles. The fraction of sp³-hybridized carbons (Fsp3) is 0.118. The second kappa shape index (κ2) is 8.07. The highest BCUT2D eigenvalue weighted by atomic mass is 32.2. The third-order valence-electron chi connectivity index (χ3n) is 3.51. The van der Waals surface area contributed by atoms with Gasteiger partial charge < -0.3 is 0 Å². The molecule has 1 amide bonds. The number of benzene rings is 2. The first-order chi connectivity index (χ1) is 12.9. The number of nitrogens with one attached hydrogen (secondary N) is 2. The zero-order valence-corrected chi connectivity index (χ0v) is 16.9. The highest BCUT2D eigenvalue weighted by Gasteiger charge is 2.15. The van der Waals surface area contributed by atoms with Crippen LogP contribution in [-0.2, 0) is 10.0 Å². The summed E-state index contributed by atoms with van der Waals surface area (Å²) in [6.07, 6.45) is 1.87. The summed E-state index contributed by atoms with van der Waals surface area (Å²) in [5.41, 5.74) is 1.57. The first-order valence-corrected chi connectivity index (χ1v) is 11.3. The maximum Gasteiger partial charge on any atom is 0.261 e. The number of rotatable bonds is 6. The van der Waals surface area contributed by atoms with Crippen molar-refractivity contribution in [3.63, 3.8) is 0 Å². The predicted molar refractivity (Wildman–Crippen MR) is 108 cm³/mol. The summed E-state index contributed by atoms with van der Waals surface area (Å²) in [5.74, 6) is -0.393. The zero-order valence-electron chi connectivity index (χ0n) is 14.5. The van der Waals surface area contributed by atoms with Crippen LogP contribution in [0.25, 0.3) is 0 Å². The van der Waals surface area contributed by atoms with Crippen molar-refractivity contribution in [3.05, 3.63) is 59.7 Å². The van der Waals surface area contributed by atoms with E-state index in [1.807, 2.05) is 13.2 Å². The summed E-state index contributed by atoms with van der Waals surface area (Å²) in [7, 11) is -3.74. The first-order valence-electron chi connectivity index (χ1n) is 7.76. The lowest BCUT2D eigenvalue weighted by Gasteiger charge is -2.09. The lowest BCUT2D eigenvalue weighted by molar-refractivity contribution is 0.102. The molecule has 0 aliphatic heterocycles. The minimum Gasteiger partial charge on any atom is -0.296 e. The summed E-state index contributed by atoms with van der Waals surface area (Å²) in [5, 5.41) is 10.8. The second-order valence-electron chi connectivity index (χ2n) is 5.53. The fourth-order valence-electron chi connectivity index (χ4n) is 2.17. The molecule has 3 aromatic rings. The van der Waals surface area contributed by atoms with Crippen LogP contribution in [-0.4, -0.2) is 30.8 Å². The zero-order chi connectivity index (χ0) is 19.4. The van der Waals surface area contributed by atoms with Crippen molar-refractivity contribution < 1.29 is 13.2 Å². The molecule has 0 saturated carbocycles. The van der Waals surface area contributed by atoms with Crippen LogP contribution < -0.4 is 10.0 Å². The number of carbonyl (C=O) groups is 1. The molecule has 0 radical (unpaired) electrons. The molecule has 0 bridgehead atoms. The van der Waals surface area contributed by atoms with Crippen molar-refractivity contribution in [3.8, 4) is 0 Å². The molecule has 1 heterocycles. The topological polar surface area (TPSA) is 101 Å². The third kappa shape index (κ3) is 4.85. The van der Waals surface area contributed by atoms with E-state index in [1.54, 1.807) is 30.3 Å².